The van der Waals surface area contributed by atoms with Crippen molar-refractivity contribution in [2.24, 2.45) is 0 Å². The SMILES string of the molecule is CC(C)Oc1nc(N)nc(Oc2ccccc2Br)n1. The summed E-state index contributed by atoms with van der Waals surface area (Å²) in [7, 11) is 0. The number of hydrogen-bond donors (Lipinski definition) is 1. The van der Waals surface area contributed by atoms with Crippen LogP contribution < -0.4 is 15.2 Å². The van der Waals surface area contributed by atoms with Gasteiger partial charge in [0.05, 0.1) is 10.6 Å². The number of hydrogen-bond acceptors (Lipinski definition) is 6. The van der Waals surface area contributed by atoms with E-state index in [1.165, 1.54) is 0 Å². The average Bonchev–Trinajstić information content (AvgIpc) is 2.30. The lowest BCUT2D eigenvalue weighted by molar-refractivity contribution is 0.219. The van der Waals surface area contributed by atoms with Gasteiger partial charge >= 0.3 is 12.0 Å². The second kappa shape index (κ2) is 5.83. The Morgan fingerprint density at radius 1 is 1.11 bits per heavy atom. The molecule has 0 saturated carbocycles. The van der Waals surface area contributed by atoms with E-state index in [2.05, 4.69) is 30.9 Å². The third-order valence-corrected chi connectivity index (χ3v) is 2.65. The number of ether oxygens (including phenoxy) is 2. The zero-order valence-electron chi connectivity index (χ0n) is 10.5. The lowest BCUT2D eigenvalue weighted by atomic mass is 10.3. The van der Waals surface area contributed by atoms with Crippen LogP contribution in [0.15, 0.2) is 28.7 Å². The molecular weight excluding hydrogens is 312 g/mol. The van der Waals surface area contributed by atoms with Crippen LogP contribution in [0.2, 0.25) is 0 Å². The van der Waals surface area contributed by atoms with Crippen molar-refractivity contribution >= 4 is 21.9 Å². The molecule has 7 heteroatoms. The first-order chi connectivity index (χ1) is 9.04. The Balaban J connectivity index is 2.25. The van der Waals surface area contributed by atoms with Crippen molar-refractivity contribution in [3.05, 3.63) is 28.7 Å². The van der Waals surface area contributed by atoms with Crippen molar-refractivity contribution in [1.29, 1.82) is 0 Å². The van der Waals surface area contributed by atoms with Crippen LogP contribution in [0.1, 0.15) is 13.8 Å². The summed E-state index contributed by atoms with van der Waals surface area (Å²) in [6, 6.07) is 7.60. The summed E-state index contributed by atoms with van der Waals surface area (Å²) >= 11 is 3.37. The van der Waals surface area contributed by atoms with Gasteiger partial charge in [0.15, 0.2) is 0 Å². The zero-order valence-corrected chi connectivity index (χ0v) is 12.1. The molecule has 0 spiro atoms. The Hall–Kier alpha value is -1.89. The molecule has 1 heterocycles. The number of nitrogen functional groups attached to an aromatic ring is 1. The van der Waals surface area contributed by atoms with E-state index in [0.717, 1.165) is 4.47 Å². The third-order valence-electron chi connectivity index (χ3n) is 1.99. The van der Waals surface area contributed by atoms with Crippen LogP contribution in [0.4, 0.5) is 5.95 Å². The smallest absolute Gasteiger partial charge is 0.330 e. The molecule has 0 radical (unpaired) electrons. The molecule has 0 aliphatic rings. The molecule has 1 aromatic carbocycles. The summed E-state index contributed by atoms with van der Waals surface area (Å²) in [5, 5.41) is 0. The molecule has 100 valence electrons. The van der Waals surface area contributed by atoms with Gasteiger partial charge in [-0.05, 0) is 41.9 Å². The van der Waals surface area contributed by atoms with Gasteiger partial charge in [-0.25, -0.2) is 0 Å². The van der Waals surface area contributed by atoms with Crippen molar-refractivity contribution in [2.75, 3.05) is 5.73 Å². The Bertz CT molecular complexity index is 577. The second-order valence-electron chi connectivity index (χ2n) is 3.96. The topological polar surface area (TPSA) is 83.2 Å². The largest absolute Gasteiger partial charge is 0.461 e. The fraction of sp³-hybridized carbons (Fsp3) is 0.250. The van der Waals surface area contributed by atoms with E-state index in [1.54, 1.807) is 6.07 Å². The summed E-state index contributed by atoms with van der Waals surface area (Å²) in [6.07, 6.45) is -0.0573. The fourth-order valence-electron chi connectivity index (χ4n) is 1.29. The maximum atomic E-state index is 5.59. The lowest BCUT2D eigenvalue weighted by Gasteiger charge is -2.10. The van der Waals surface area contributed by atoms with Gasteiger partial charge < -0.3 is 15.2 Å². The molecule has 6 nitrogen and oxygen atoms in total. The van der Waals surface area contributed by atoms with E-state index in [1.807, 2.05) is 32.0 Å². The van der Waals surface area contributed by atoms with Crippen molar-refractivity contribution in [1.82, 2.24) is 15.0 Å². The highest BCUT2D eigenvalue weighted by Gasteiger charge is 2.10. The molecular formula is C12H13BrN4O2. The summed E-state index contributed by atoms with van der Waals surface area (Å²) in [4.78, 5) is 11.8. The van der Waals surface area contributed by atoms with Crippen LogP contribution in [0.3, 0.4) is 0 Å². The van der Waals surface area contributed by atoms with Gasteiger partial charge in [-0.2, -0.15) is 9.97 Å². The molecule has 0 amide bonds. The van der Waals surface area contributed by atoms with Crippen LogP contribution in [0.5, 0.6) is 17.8 Å². The highest BCUT2D eigenvalue weighted by atomic mass is 79.9. The molecule has 0 saturated heterocycles. The number of nitrogens with two attached hydrogens (primary N) is 1. The van der Waals surface area contributed by atoms with Gasteiger partial charge in [-0.3, -0.25) is 0 Å². The number of anilines is 1. The molecule has 0 unspecified atom stereocenters. The first-order valence-electron chi connectivity index (χ1n) is 5.65. The highest BCUT2D eigenvalue weighted by Crippen LogP contribution is 2.28. The Morgan fingerprint density at radius 3 is 2.47 bits per heavy atom. The van der Waals surface area contributed by atoms with E-state index >= 15 is 0 Å². The predicted octanol–water partition coefficient (Wildman–Crippen LogP) is 2.80. The molecule has 2 aromatic rings. The molecule has 0 atom stereocenters. The maximum Gasteiger partial charge on any atom is 0.330 e. The third kappa shape index (κ3) is 3.78. The van der Waals surface area contributed by atoms with Gasteiger partial charge in [-0.15, -0.1) is 4.98 Å². The number of para-hydroxylation sites is 1. The fourth-order valence-corrected chi connectivity index (χ4v) is 1.65. The molecule has 0 aliphatic carbocycles. The number of aromatic nitrogens is 3. The van der Waals surface area contributed by atoms with Gasteiger partial charge in [0.1, 0.15) is 5.75 Å². The minimum atomic E-state index is -0.0573. The van der Waals surface area contributed by atoms with Gasteiger partial charge in [0, 0.05) is 0 Å². The number of rotatable bonds is 4. The van der Waals surface area contributed by atoms with Crippen LogP contribution in [0.25, 0.3) is 0 Å². The Kier molecular flexibility index (Phi) is 4.16. The van der Waals surface area contributed by atoms with E-state index in [0.29, 0.717) is 5.75 Å². The van der Waals surface area contributed by atoms with Crippen molar-refractivity contribution in [3.8, 4) is 17.8 Å². The second-order valence-corrected chi connectivity index (χ2v) is 4.81. The van der Waals surface area contributed by atoms with Crippen LogP contribution >= 0.6 is 15.9 Å². The number of halogens is 1. The number of nitrogens with zero attached hydrogens (tertiary/aromatic N) is 3. The molecule has 1 aromatic heterocycles. The Labute approximate surface area is 119 Å². The van der Waals surface area contributed by atoms with Crippen LogP contribution in [-0.4, -0.2) is 21.1 Å². The summed E-state index contributed by atoms with van der Waals surface area (Å²) in [6.45, 7) is 3.74. The van der Waals surface area contributed by atoms with E-state index < -0.39 is 0 Å². The predicted molar refractivity (Wildman–Crippen MR) is 74.2 cm³/mol. The normalized spacial score (nSPS) is 10.5. The molecule has 0 bridgehead atoms. The minimum Gasteiger partial charge on any atom is -0.461 e. The molecule has 0 fully saturated rings. The molecule has 19 heavy (non-hydrogen) atoms. The van der Waals surface area contributed by atoms with Gasteiger partial charge in [-0.1, -0.05) is 12.1 Å². The van der Waals surface area contributed by atoms with E-state index in [-0.39, 0.29) is 24.1 Å². The van der Waals surface area contributed by atoms with Crippen LogP contribution in [0, 0.1) is 0 Å². The molecule has 2 rings (SSSR count). The highest BCUT2D eigenvalue weighted by molar-refractivity contribution is 9.10. The van der Waals surface area contributed by atoms with E-state index in [9.17, 15) is 0 Å². The monoisotopic (exact) mass is 324 g/mol. The average molecular weight is 325 g/mol. The van der Waals surface area contributed by atoms with Crippen molar-refractivity contribution in [2.45, 2.75) is 20.0 Å². The summed E-state index contributed by atoms with van der Waals surface area (Å²) < 4.78 is 11.7. The molecule has 0 aliphatic heterocycles. The van der Waals surface area contributed by atoms with Crippen molar-refractivity contribution in [3.63, 3.8) is 0 Å². The lowest BCUT2D eigenvalue weighted by Crippen LogP contribution is -2.11. The first-order valence-corrected chi connectivity index (χ1v) is 6.44. The maximum absolute atomic E-state index is 5.59. The van der Waals surface area contributed by atoms with Crippen LogP contribution in [-0.2, 0) is 0 Å². The minimum absolute atomic E-state index is 0.0488. The summed E-state index contributed by atoms with van der Waals surface area (Å²) in [5.74, 6) is 0.635. The van der Waals surface area contributed by atoms with Crippen molar-refractivity contribution < 1.29 is 9.47 Å². The van der Waals surface area contributed by atoms with Gasteiger partial charge in [0.25, 0.3) is 0 Å². The quantitative estimate of drug-likeness (QED) is 0.931. The van der Waals surface area contributed by atoms with Gasteiger partial charge in [0.2, 0.25) is 5.95 Å². The number of benzene rings is 1. The zero-order chi connectivity index (χ0) is 13.8. The molecule has 2 N–H and O–H groups in total. The Morgan fingerprint density at radius 2 is 1.79 bits per heavy atom. The van der Waals surface area contributed by atoms with E-state index in [4.69, 9.17) is 15.2 Å². The standard InChI is InChI=1S/C12H13BrN4O2/c1-7(2)18-11-15-10(14)16-12(17-11)19-9-6-4-3-5-8(9)13/h3-7H,1-2H3,(H2,14,15,16,17). The summed E-state index contributed by atoms with van der Waals surface area (Å²) in [5.41, 5.74) is 5.59. The first kappa shape index (κ1) is 13.5.